The van der Waals surface area contributed by atoms with Crippen molar-refractivity contribution in [2.75, 3.05) is 106 Å². The number of anilines is 11. The minimum absolute atomic E-state index is 0.187. The molecule has 4 saturated carbocycles. The summed E-state index contributed by atoms with van der Waals surface area (Å²) in [6, 6.07) is 58.0. The number of carboxylic acids is 1. The number of carbonyl (C=O) groups excluding carboxylic acids is 4. The molecule has 2 heterocycles. The van der Waals surface area contributed by atoms with Crippen LogP contribution in [0.25, 0.3) is 0 Å². The van der Waals surface area contributed by atoms with Gasteiger partial charge in [0.25, 0.3) is 25.3 Å². The fraction of sp³-hybridized carbons (Fsp3) is 0.495. The minimum atomic E-state index is -3.25. The van der Waals surface area contributed by atoms with E-state index in [0.717, 1.165) is 203 Å². The third-order valence-electron chi connectivity index (χ3n) is 26.0. The molecule has 704 valence electrons. The van der Waals surface area contributed by atoms with Gasteiger partial charge in [-0.15, -0.1) is 0 Å². The van der Waals surface area contributed by atoms with Crippen molar-refractivity contribution >= 4 is 115 Å². The first-order chi connectivity index (χ1) is 62.9. The van der Waals surface area contributed by atoms with Crippen LogP contribution in [0, 0.1) is 47.8 Å². The molecule has 1 amide bonds. The average Bonchev–Trinajstić information content (AvgIpc) is 0.768. The Hall–Kier alpha value is -10.6. The standard InChI is InChI=1S/C28H35N3O2.C28H36N2O4.C26H33ClN2O3.C25H36N2O4S/c1-21(2)19-31(25-7-4-3-5-8-25)27-14-11-23(28(33-20-32)15-6-16-28)17-26(27)30-24-12-9-22(18-29)10-13-24;1-19(2)18-30(23-11-15-34-16-12-23)25-10-9-22(28(27(32)33)13-4-14-28)17-24(25)29-26(31)21-7-5-20(3)6-8-21;1-19(2)17-29(23-10-14-31-15-11-23)25-9-4-20(26(32-18-30)12-3-13-26)16-24(25)28-22-7-5-21(27)6-8-22;1-7-25(31-17-28)20-8-13-24(27(15-18(2)3)16-19(4)5)23(14-20)26-21-9-11-22(12-10-21)32(6,29)30/h9-14,17,20-21,25,30H,3-8,15-16,19H2,1-2H3;5-10,17,19,23H,4,11-16,18H2,1-3H3,(H,29,31)(H,32,33);4-9,16,18-19,23,28H,3,10-15,17H2,1-2H3;8-14,17-19,25-26H,7,15-16H2,1-6H3. The molecule has 6 fully saturated rings. The number of amides is 1. The van der Waals surface area contributed by atoms with Crippen LogP contribution in [-0.4, -0.2) is 128 Å². The highest BCUT2D eigenvalue weighted by Crippen LogP contribution is 2.51. The number of nitrogens with zero attached hydrogens (tertiary/aromatic N) is 5. The van der Waals surface area contributed by atoms with Gasteiger partial charge in [-0.3, -0.25) is 24.0 Å². The van der Waals surface area contributed by atoms with E-state index in [2.05, 4.69) is 159 Å². The lowest BCUT2D eigenvalue weighted by molar-refractivity contribution is -0.156. The Morgan fingerprint density at radius 1 is 0.496 bits per heavy atom. The Morgan fingerprint density at radius 3 is 1.29 bits per heavy atom. The van der Waals surface area contributed by atoms with Crippen molar-refractivity contribution in [1.29, 1.82) is 5.26 Å². The summed E-state index contributed by atoms with van der Waals surface area (Å²) in [6.07, 6.45) is 19.5. The molecule has 0 bridgehead atoms. The summed E-state index contributed by atoms with van der Waals surface area (Å²) in [4.78, 5) is 69.0. The molecule has 1 unspecified atom stereocenters. The van der Waals surface area contributed by atoms with Crippen LogP contribution in [-0.2, 0) is 69.3 Å². The molecule has 2 saturated heterocycles. The number of rotatable bonds is 38. The van der Waals surface area contributed by atoms with Gasteiger partial charge in [0.1, 0.15) is 17.3 Å². The van der Waals surface area contributed by atoms with Crippen LogP contribution in [0.4, 0.5) is 62.6 Å². The zero-order valence-electron chi connectivity index (χ0n) is 79.3. The summed E-state index contributed by atoms with van der Waals surface area (Å²) in [5, 5.41) is 33.7. The summed E-state index contributed by atoms with van der Waals surface area (Å²) in [5.41, 5.74) is 15.0. The van der Waals surface area contributed by atoms with Crippen LogP contribution in [0.3, 0.4) is 0 Å². The van der Waals surface area contributed by atoms with Gasteiger partial charge in [-0.25, -0.2) is 8.42 Å². The van der Waals surface area contributed by atoms with E-state index in [1.807, 2.05) is 117 Å². The second-order valence-corrected chi connectivity index (χ2v) is 40.9. The molecule has 0 spiro atoms. The topological polar surface area (TPSA) is 271 Å². The van der Waals surface area contributed by atoms with Gasteiger partial charge in [-0.05, 0) is 289 Å². The Balaban J connectivity index is 0.000000169. The number of halogens is 1. The van der Waals surface area contributed by atoms with E-state index >= 15 is 0 Å². The minimum Gasteiger partial charge on any atom is -0.481 e. The monoisotopic (exact) mass is 1830 g/mol. The normalized spacial score (nSPS) is 16.6. The van der Waals surface area contributed by atoms with Gasteiger partial charge >= 0.3 is 5.97 Å². The molecule has 6 aliphatic rings. The second-order valence-electron chi connectivity index (χ2n) is 38.5. The summed E-state index contributed by atoms with van der Waals surface area (Å²) in [7, 11) is -3.25. The van der Waals surface area contributed by atoms with Gasteiger partial charge in [0.15, 0.2) is 9.84 Å². The van der Waals surface area contributed by atoms with Crippen molar-refractivity contribution in [3.8, 4) is 6.07 Å². The van der Waals surface area contributed by atoms with Crippen molar-refractivity contribution in [2.45, 2.75) is 251 Å². The number of carboxylic acid groups (broad SMARTS) is 1. The van der Waals surface area contributed by atoms with Crippen molar-refractivity contribution in [3.63, 3.8) is 0 Å². The van der Waals surface area contributed by atoms with E-state index in [9.17, 15) is 37.5 Å². The van der Waals surface area contributed by atoms with Gasteiger partial charge in [0, 0.05) is 111 Å². The SMILES string of the molecule is CC(C)CN(c1ccc(C2(OC=O)CCC2)cc1Nc1ccc(C#N)cc1)C1CCCCC1.CC(C)CN(c1ccc(C2(OC=O)CCC2)cc1Nc1ccc(Cl)cc1)C1CCOCC1.CCC(OC=O)c1ccc(N(CC(C)C)CC(C)C)c(Nc2ccc(S(C)(=O)=O)cc2)c1.Cc1ccc(C(=O)Nc2cc(C3(C(=O)O)CCC3)ccc2N(CC(C)C)C2CCOCC2)cc1. The quantitative estimate of drug-likeness (QED) is 0.0178. The molecule has 8 aromatic carbocycles. The molecule has 24 heteroatoms. The Kier molecular flexibility index (Phi) is 36.7. The van der Waals surface area contributed by atoms with Gasteiger partial charge in [0.05, 0.1) is 67.4 Å². The van der Waals surface area contributed by atoms with Crippen LogP contribution in [0.15, 0.2) is 175 Å². The number of hydrogen-bond acceptors (Lipinski definition) is 20. The summed E-state index contributed by atoms with van der Waals surface area (Å²) >= 11 is 6.10. The highest BCUT2D eigenvalue weighted by atomic mass is 35.5. The molecular weight excluding hydrogens is 1690 g/mol. The van der Waals surface area contributed by atoms with E-state index in [0.29, 0.717) is 108 Å². The molecule has 5 N–H and O–H groups in total. The third-order valence-corrected chi connectivity index (χ3v) is 27.4. The lowest BCUT2D eigenvalue weighted by Crippen LogP contribution is -2.43. The highest BCUT2D eigenvalue weighted by Gasteiger charge is 2.47. The number of ether oxygens (including phenoxy) is 5. The largest absolute Gasteiger partial charge is 0.481 e. The van der Waals surface area contributed by atoms with Gasteiger partial charge in [0.2, 0.25) is 0 Å². The molecule has 0 radical (unpaired) electrons. The number of aryl methyl sites for hydroxylation is 1. The molecule has 22 nitrogen and oxygen atoms in total. The Morgan fingerprint density at radius 2 is 0.901 bits per heavy atom. The molecule has 131 heavy (non-hydrogen) atoms. The lowest BCUT2D eigenvalue weighted by Gasteiger charge is -2.42. The zero-order chi connectivity index (χ0) is 94.0. The Bertz CT molecular complexity index is 5180. The molecule has 4 aliphatic carbocycles. The number of carbonyl (C=O) groups is 5. The van der Waals surface area contributed by atoms with E-state index < -0.39 is 32.4 Å². The van der Waals surface area contributed by atoms with Gasteiger partial charge < -0.3 is 69.7 Å². The number of hydrogen-bond donors (Lipinski definition) is 5. The first-order valence-corrected chi connectivity index (χ1v) is 49.7. The highest BCUT2D eigenvalue weighted by molar-refractivity contribution is 7.90. The maximum absolute atomic E-state index is 13.2. The van der Waals surface area contributed by atoms with Crippen LogP contribution in [0.2, 0.25) is 5.02 Å². The summed E-state index contributed by atoms with van der Waals surface area (Å²) in [5.74, 6) is 1.50. The van der Waals surface area contributed by atoms with Crippen LogP contribution < -0.4 is 40.9 Å². The van der Waals surface area contributed by atoms with E-state index in [1.54, 1.807) is 24.3 Å². The Labute approximate surface area is 783 Å². The molecule has 2 aliphatic heterocycles. The zero-order valence-corrected chi connectivity index (χ0v) is 80.8. The van der Waals surface area contributed by atoms with Crippen molar-refractivity contribution < 1.29 is 61.2 Å². The number of sulfone groups is 1. The summed E-state index contributed by atoms with van der Waals surface area (Å²) in [6.45, 7) is 35.6. The molecule has 14 rings (SSSR count). The fourth-order valence-corrected chi connectivity index (χ4v) is 19.5. The summed E-state index contributed by atoms with van der Waals surface area (Å²) < 4.78 is 51.3. The number of aliphatic carboxylic acids is 1. The van der Waals surface area contributed by atoms with E-state index in [1.165, 1.54) is 49.7 Å². The van der Waals surface area contributed by atoms with Crippen LogP contribution in [0.5, 0.6) is 0 Å². The van der Waals surface area contributed by atoms with Gasteiger partial charge in [-0.1, -0.05) is 155 Å². The van der Waals surface area contributed by atoms with Gasteiger partial charge in [-0.2, -0.15) is 5.26 Å². The first kappa shape index (κ1) is 101. The maximum Gasteiger partial charge on any atom is 0.314 e. The fourth-order valence-electron chi connectivity index (χ4n) is 18.8. The number of nitriles is 1. The van der Waals surface area contributed by atoms with Crippen molar-refractivity contribution in [3.05, 3.63) is 214 Å². The lowest BCUT2D eigenvalue weighted by atomic mass is 9.64. The maximum atomic E-state index is 13.2. The van der Waals surface area contributed by atoms with Crippen LogP contribution >= 0.6 is 11.6 Å². The molecule has 8 aromatic rings. The average molecular weight is 1830 g/mol. The van der Waals surface area contributed by atoms with E-state index in [4.69, 9.17) is 40.5 Å². The van der Waals surface area contributed by atoms with Crippen LogP contribution in [0.1, 0.15) is 248 Å². The van der Waals surface area contributed by atoms with Crippen molar-refractivity contribution in [2.24, 2.45) is 29.6 Å². The smallest absolute Gasteiger partial charge is 0.314 e. The van der Waals surface area contributed by atoms with Crippen molar-refractivity contribution in [1.82, 2.24) is 0 Å². The number of nitrogens with one attached hydrogen (secondary N) is 4. The first-order valence-electron chi connectivity index (χ1n) is 47.5. The number of benzene rings is 8. The third kappa shape index (κ3) is 27.1. The molecule has 1 atom stereocenters. The second kappa shape index (κ2) is 47.6. The predicted octanol–water partition coefficient (Wildman–Crippen LogP) is 23.9. The molecule has 0 aromatic heterocycles. The van der Waals surface area contributed by atoms with E-state index in [-0.39, 0.29) is 16.9 Å². The predicted molar refractivity (Wildman–Crippen MR) is 529 cm³/mol. The molecular formula is C107H140ClN9O13S.